The Morgan fingerprint density at radius 3 is 2.42 bits per heavy atom. The largest absolute Gasteiger partial charge is 0.490 e. The Morgan fingerprint density at radius 2 is 1.81 bits per heavy atom. The highest BCUT2D eigenvalue weighted by Gasteiger charge is 2.16. The highest BCUT2D eigenvalue weighted by Crippen LogP contribution is 2.14. The number of esters is 2. The van der Waals surface area contributed by atoms with Crippen molar-refractivity contribution in [2.24, 2.45) is 0 Å². The number of nitrogens with one attached hydrogen (secondary N) is 1. The predicted molar refractivity (Wildman–Crippen MR) is 107 cm³/mol. The van der Waals surface area contributed by atoms with E-state index in [1.165, 1.54) is 7.11 Å². The standard InChI is InChI=1S/C20H32N2O9/c1-15(2)21-12-18(31-20(24)14-28-10-11-30-22(25)26)13-29-17-7-4-16(5-8-17)6-9-19(23)27-3/h4-5,7-8,15,18,21,25-26H,6,9-14H2,1-3H3. The zero-order valence-electron chi connectivity index (χ0n) is 18.1. The van der Waals surface area contributed by atoms with Crippen LogP contribution in [0.25, 0.3) is 0 Å². The van der Waals surface area contributed by atoms with E-state index in [1.807, 2.05) is 26.0 Å². The van der Waals surface area contributed by atoms with Gasteiger partial charge in [0.2, 0.25) is 0 Å². The van der Waals surface area contributed by atoms with Crippen LogP contribution in [0.1, 0.15) is 25.8 Å². The molecule has 1 aromatic rings. The number of methoxy groups -OCH3 is 1. The molecule has 0 aliphatic rings. The van der Waals surface area contributed by atoms with E-state index in [4.69, 9.17) is 24.6 Å². The predicted octanol–water partition coefficient (Wildman–Crippen LogP) is 1.11. The number of rotatable bonds is 16. The van der Waals surface area contributed by atoms with Crippen molar-refractivity contribution in [2.75, 3.05) is 40.1 Å². The molecule has 3 N–H and O–H groups in total. The van der Waals surface area contributed by atoms with Crippen LogP contribution in [0.15, 0.2) is 24.3 Å². The minimum absolute atomic E-state index is 0.0273. The van der Waals surface area contributed by atoms with Crippen molar-refractivity contribution in [1.29, 1.82) is 0 Å². The fourth-order valence-electron chi connectivity index (χ4n) is 2.34. The van der Waals surface area contributed by atoms with Crippen molar-refractivity contribution >= 4 is 11.9 Å². The summed E-state index contributed by atoms with van der Waals surface area (Å²) in [5.74, 6) is -0.233. The van der Waals surface area contributed by atoms with Crippen LogP contribution in [0.5, 0.6) is 5.75 Å². The molecule has 0 radical (unpaired) electrons. The molecule has 11 heteroatoms. The molecule has 0 amide bonds. The van der Waals surface area contributed by atoms with Crippen LogP contribution in [0, 0.1) is 0 Å². The molecule has 31 heavy (non-hydrogen) atoms. The highest BCUT2D eigenvalue weighted by atomic mass is 17.1. The fourth-order valence-corrected chi connectivity index (χ4v) is 2.34. The molecule has 0 fully saturated rings. The lowest BCUT2D eigenvalue weighted by Gasteiger charge is -2.20. The summed E-state index contributed by atoms with van der Waals surface area (Å²) in [6, 6.07) is 7.50. The Bertz CT molecular complexity index is 638. The average Bonchev–Trinajstić information content (AvgIpc) is 2.74. The maximum absolute atomic E-state index is 12.0. The number of nitrogens with zero attached hydrogens (tertiary/aromatic N) is 1. The third-order valence-electron chi connectivity index (χ3n) is 3.91. The molecule has 1 unspecified atom stereocenters. The molecule has 0 saturated carbocycles. The minimum Gasteiger partial charge on any atom is -0.490 e. The molecule has 0 aromatic heterocycles. The van der Waals surface area contributed by atoms with Crippen molar-refractivity contribution in [3.05, 3.63) is 29.8 Å². The van der Waals surface area contributed by atoms with Crippen molar-refractivity contribution in [3.63, 3.8) is 0 Å². The summed E-state index contributed by atoms with van der Waals surface area (Å²) < 4.78 is 20.8. The lowest BCUT2D eigenvalue weighted by Crippen LogP contribution is -2.39. The van der Waals surface area contributed by atoms with Gasteiger partial charge >= 0.3 is 11.9 Å². The van der Waals surface area contributed by atoms with E-state index in [0.29, 0.717) is 25.1 Å². The number of hydrogen-bond acceptors (Lipinski definition) is 11. The Kier molecular flexibility index (Phi) is 13.4. The minimum atomic E-state index is -0.581. The van der Waals surface area contributed by atoms with Crippen molar-refractivity contribution in [1.82, 2.24) is 10.7 Å². The van der Waals surface area contributed by atoms with Gasteiger partial charge in [0.1, 0.15) is 25.1 Å². The molecule has 1 atom stereocenters. The average molecular weight is 444 g/mol. The van der Waals surface area contributed by atoms with Gasteiger partial charge in [-0.1, -0.05) is 26.0 Å². The molecule has 0 aliphatic heterocycles. The Labute approximate surface area is 181 Å². The van der Waals surface area contributed by atoms with Gasteiger partial charge in [-0.3, -0.25) is 15.2 Å². The van der Waals surface area contributed by atoms with Gasteiger partial charge in [-0.2, -0.15) is 0 Å². The monoisotopic (exact) mass is 444 g/mol. The smallest absolute Gasteiger partial charge is 0.332 e. The summed E-state index contributed by atoms with van der Waals surface area (Å²) in [5, 5.41) is 19.5. The molecule has 0 heterocycles. The van der Waals surface area contributed by atoms with Crippen LogP contribution in [-0.2, 0) is 35.1 Å². The van der Waals surface area contributed by atoms with Crippen LogP contribution < -0.4 is 10.1 Å². The van der Waals surface area contributed by atoms with Crippen molar-refractivity contribution in [2.45, 2.75) is 38.8 Å². The zero-order valence-corrected chi connectivity index (χ0v) is 18.1. The summed E-state index contributed by atoms with van der Waals surface area (Å²) in [4.78, 5) is 27.5. The van der Waals surface area contributed by atoms with Crippen LogP contribution in [0.2, 0.25) is 0 Å². The summed E-state index contributed by atoms with van der Waals surface area (Å²) in [7, 11) is 1.36. The summed E-state index contributed by atoms with van der Waals surface area (Å²) in [6.07, 6.45) is 0.340. The van der Waals surface area contributed by atoms with Gasteiger partial charge < -0.3 is 24.3 Å². The van der Waals surface area contributed by atoms with Gasteiger partial charge in [-0.25, -0.2) is 9.63 Å². The lowest BCUT2D eigenvalue weighted by molar-refractivity contribution is -0.493. The first kappa shape index (κ1) is 26.8. The molecular weight excluding hydrogens is 412 g/mol. The molecule has 1 aromatic carbocycles. The Hall–Kier alpha value is -2.28. The molecule has 0 aliphatic carbocycles. The van der Waals surface area contributed by atoms with E-state index in [9.17, 15) is 9.59 Å². The fraction of sp³-hybridized carbons (Fsp3) is 0.600. The van der Waals surface area contributed by atoms with Gasteiger partial charge in [0.05, 0.1) is 25.7 Å². The van der Waals surface area contributed by atoms with Gasteiger partial charge in [0.25, 0.3) is 0 Å². The highest BCUT2D eigenvalue weighted by molar-refractivity contribution is 5.71. The number of benzene rings is 1. The van der Waals surface area contributed by atoms with Crippen LogP contribution in [0.4, 0.5) is 0 Å². The van der Waals surface area contributed by atoms with Crippen LogP contribution in [0.3, 0.4) is 0 Å². The van der Waals surface area contributed by atoms with E-state index in [1.54, 1.807) is 12.1 Å². The van der Waals surface area contributed by atoms with Crippen molar-refractivity contribution < 1.29 is 43.8 Å². The second kappa shape index (κ2) is 15.5. The number of carbonyl (C=O) groups is 2. The quantitative estimate of drug-likeness (QED) is 0.192. The maximum Gasteiger partial charge on any atom is 0.332 e. The van der Waals surface area contributed by atoms with Gasteiger partial charge in [0, 0.05) is 19.0 Å². The first-order valence-corrected chi connectivity index (χ1v) is 9.90. The van der Waals surface area contributed by atoms with E-state index >= 15 is 0 Å². The van der Waals surface area contributed by atoms with E-state index in [-0.39, 0.29) is 38.4 Å². The molecule has 176 valence electrons. The van der Waals surface area contributed by atoms with Gasteiger partial charge in [-0.05, 0) is 24.1 Å². The number of ether oxygens (including phenoxy) is 4. The third kappa shape index (κ3) is 13.6. The topological polar surface area (TPSA) is 136 Å². The molecule has 1 rings (SSSR count). The second-order valence-electron chi connectivity index (χ2n) is 6.84. The molecule has 0 bridgehead atoms. The van der Waals surface area contributed by atoms with E-state index in [2.05, 4.69) is 14.9 Å². The first-order chi connectivity index (χ1) is 14.8. The second-order valence-corrected chi connectivity index (χ2v) is 6.84. The molecule has 11 nitrogen and oxygen atoms in total. The summed E-state index contributed by atoms with van der Waals surface area (Å²) >= 11 is 0. The molecule has 0 saturated heterocycles. The SMILES string of the molecule is COC(=O)CCc1ccc(OCC(CNC(C)C)OC(=O)COCCON(O)O)cc1. The lowest BCUT2D eigenvalue weighted by atomic mass is 10.1. The maximum atomic E-state index is 12.0. The van der Waals surface area contributed by atoms with E-state index in [0.717, 1.165) is 5.56 Å². The van der Waals surface area contributed by atoms with Gasteiger partial charge in [0.15, 0.2) is 0 Å². The van der Waals surface area contributed by atoms with E-state index < -0.39 is 17.5 Å². The summed E-state index contributed by atoms with van der Waals surface area (Å²) in [6.45, 7) is 4.00. The number of hydrogen-bond donors (Lipinski definition) is 3. The number of aryl methyl sites for hydroxylation is 1. The van der Waals surface area contributed by atoms with Crippen LogP contribution >= 0.6 is 0 Å². The Balaban J connectivity index is 2.45. The van der Waals surface area contributed by atoms with Crippen LogP contribution in [-0.4, -0.2) is 80.0 Å². The van der Waals surface area contributed by atoms with Gasteiger partial charge in [-0.15, -0.1) is 0 Å². The number of carbonyl (C=O) groups excluding carboxylic acids is 2. The molecule has 0 spiro atoms. The molecular formula is C20H32N2O9. The first-order valence-electron chi connectivity index (χ1n) is 9.90. The normalized spacial score (nSPS) is 12.1. The summed E-state index contributed by atoms with van der Waals surface area (Å²) in [5.41, 5.74) is 0.980. The third-order valence-corrected chi connectivity index (χ3v) is 3.91. The van der Waals surface area contributed by atoms with Crippen molar-refractivity contribution in [3.8, 4) is 5.75 Å². The Morgan fingerprint density at radius 1 is 1.10 bits per heavy atom. The zero-order chi connectivity index (χ0) is 23.1.